The third-order valence-electron chi connectivity index (χ3n) is 4.81. The molecule has 0 saturated carbocycles. The molecule has 1 heterocycles. The first kappa shape index (κ1) is 21.5. The molecular formula is C21H21F3N2O4. The molecule has 3 rings (SSSR count). The van der Waals surface area contributed by atoms with Crippen molar-refractivity contribution in [2.24, 2.45) is 0 Å². The lowest BCUT2D eigenvalue weighted by molar-refractivity contribution is -0.131. The molecule has 2 aromatic rings. The molecule has 0 aromatic heterocycles. The van der Waals surface area contributed by atoms with Crippen molar-refractivity contribution in [2.45, 2.75) is 13.0 Å². The summed E-state index contributed by atoms with van der Waals surface area (Å²) in [6.07, 6.45) is 0.154. The Balaban J connectivity index is 1.59. The molecule has 9 heteroatoms. The van der Waals surface area contributed by atoms with E-state index in [1.807, 2.05) is 0 Å². The number of ether oxygens (including phenoxy) is 2. The van der Waals surface area contributed by atoms with Crippen LogP contribution in [0.5, 0.6) is 11.5 Å². The van der Waals surface area contributed by atoms with E-state index < -0.39 is 6.61 Å². The van der Waals surface area contributed by atoms with Crippen molar-refractivity contribution in [3.05, 3.63) is 59.4 Å². The van der Waals surface area contributed by atoms with Gasteiger partial charge >= 0.3 is 6.61 Å². The van der Waals surface area contributed by atoms with Crippen LogP contribution >= 0.6 is 0 Å². The van der Waals surface area contributed by atoms with Gasteiger partial charge in [0.25, 0.3) is 5.91 Å². The average molecular weight is 422 g/mol. The molecule has 1 aliphatic rings. The van der Waals surface area contributed by atoms with Crippen LogP contribution in [0.25, 0.3) is 0 Å². The van der Waals surface area contributed by atoms with Gasteiger partial charge in [-0.3, -0.25) is 9.59 Å². The van der Waals surface area contributed by atoms with E-state index in [2.05, 4.69) is 4.74 Å². The topological polar surface area (TPSA) is 59.1 Å². The molecule has 1 aliphatic heterocycles. The fourth-order valence-electron chi connectivity index (χ4n) is 3.23. The van der Waals surface area contributed by atoms with Crippen molar-refractivity contribution in [3.8, 4) is 11.5 Å². The third-order valence-corrected chi connectivity index (χ3v) is 4.81. The first-order valence-corrected chi connectivity index (χ1v) is 9.31. The molecule has 0 atom stereocenters. The van der Waals surface area contributed by atoms with Crippen LogP contribution < -0.4 is 9.47 Å². The molecule has 2 aromatic carbocycles. The number of piperazine rings is 1. The highest BCUT2D eigenvalue weighted by molar-refractivity contribution is 5.95. The lowest BCUT2D eigenvalue weighted by Crippen LogP contribution is -2.51. The van der Waals surface area contributed by atoms with E-state index in [0.717, 1.165) is 0 Å². The second kappa shape index (κ2) is 9.51. The number of carbonyl (C=O) groups excluding carboxylic acids is 2. The first-order chi connectivity index (χ1) is 14.4. The number of carbonyl (C=O) groups is 2. The molecule has 6 nitrogen and oxygen atoms in total. The largest absolute Gasteiger partial charge is 0.493 e. The van der Waals surface area contributed by atoms with E-state index in [4.69, 9.17) is 4.74 Å². The summed E-state index contributed by atoms with van der Waals surface area (Å²) < 4.78 is 47.6. The van der Waals surface area contributed by atoms with Crippen molar-refractivity contribution in [2.75, 3.05) is 33.3 Å². The third kappa shape index (κ3) is 5.22. The minimum Gasteiger partial charge on any atom is -0.493 e. The fraction of sp³-hybridized carbons (Fsp3) is 0.333. The molecule has 0 aliphatic carbocycles. The maximum atomic E-state index is 13.0. The zero-order valence-corrected chi connectivity index (χ0v) is 16.3. The smallest absolute Gasteiger partial charge is 0.387 e. The lowest BCUT2D eigenvalue weighted by atomic mass is 10.1. The molecular weight excluding hydrogens is 401 g/mol. The standard InChI is InChI=1S/C21H21F3N2O4/c1-29-17-7-4-15(13-18(17)30-21(23)24)20(28)26-10-8-25(9-11-26)19(27)12-14-2-5-16(22)6-3-14/h2-7,13,21H,8-12H2,1H3. The number of methoxy groups -OCH3 is 1. The van der Waals surface area contributed by atoms with Crippen LogP contribution in [0.1, 0.15) is 15.9 Å². The quantitative estimate of drug-likeness (QED) is 0.718. The van der Waals surface area contributed by atoms with E-state index in [1.165, 1.54) is 37.4 Å². The number of amides is 2. The first-order valence-electron chi connectivity index (χ1n) is 9.31. The second-order valence-corrected chi connectivity index (χ2v) is 6.72. The summed E-state index contributed by atoms with van der Waals surface area (Å²) in [5.41, 5.74) is 0.905. The van der Waals surface area contributed by atoms with Crippen molar-refractivity contribution >= 4 is 11.8 Å². The Morgan fingerprint density at radius 1 is 0.967 bits per heavy atom. The minimum absolute atomic E-state index is 0.100. The summed E-state index contributed by atoms with van der Waals surface area (Å²) in [5, 5.41) is 0. The van der Waals surface area contributed by atoms with E-state index in [1.54, 1.807) is 21.9 Å². The van der Waals surface area contributed by atoms with Crippen LogP contribution in [0.15, 0.2) is 42.5 Å². The Kier molecular flexibility index (Phi) is 6.81. The minimum atomic E-state index is -3.04. The molecule has 0 unspecified atom stereocenters. The van der Waals surface area contributed by atoms with Gasteiger partial charge in [0.05, 0.1) is 13.5 Å². The fourth-order valence-corrected chi connectivity index (χ4v) is 3.23. The highest BCUT2D eigenvalue weighted by atomic mass is 19.3. The maximum Gasteiger partial charge on any atom is 0.387 e. The molecule has 0 spiro atoms. The van der Waals surface area contributed by atoms with E-state index >= 15 is 0 Å². The molecule has 1 saturated heterocycles. The molecule has 0 radical (unpaired) electrons. The Hall–Kier alpha value is -3.23. The van der Waals surface area contributed by atoms with Gasteiger partial charge in [-0.1, -0.05) is 12.1 Å². The summed E-state index contributed by atoms with van der Waals surface area (Å²) >= 11 is 0. The number of hydrogen-bond donors (Lipinski definition) is 0. The van der Waals surface area contributed by atoms with Gasteiger partial charge in [-0.15, -0.1) is 0 Å². The molecule has 0 bridgehead atoms. The van der Waals surface area contributed by atoms with Crippen molar-refractivity contribution < 1.29 is 32.2 Å². The second-order valence-electron chi connectivity index (χ2n) is 6.72. The summed E-state index contributed by atoms with van der Waals surface area (Å²) in [6.45, 7) is -1.72. The highest BCUT2D eigenvalue weighted by Gasteiger charge is 2.26. The number of benzene rings is 2. The predicted octanol–water partition coefficient (Wildman–Crippen LogP) is 2.96. The molecule has 1 fully saturated rings. The summed E-state index contributed by atoms with van der Waals surface area (Å²) in [7, 11) is 1.32. The zero-order valence-electron chi connectivity index (χ0n) is 16.3. The van der Waals surface area contributed by atoms with E-state index in [-0.39, 0.29) is 41.1 Å². The number of hydrogen-bond acceptors (Lipinski definition) is 4. The van der Waals surface area contributed by atoms with Gasteiger partial charge in [-0.05, 0) is 35.9 Å². The Morgan fingerprint density at radius 3 is 2.20 bits per heavy atom. The number of rotatable bonds is 6. The van der Waals surface area contributed by atoms with Gasteiger partial charge in [-0.25, -0.2) is 4.39 Å². The predicted molar refractivity (Wildman–Crippen MR) is 102 cm³/mol. The molecule has 2 amide bonds. The molecule has 30 heavy (non-hydrogen) atoms. The summed E-state index contributed by atoms with van der Waals surface area (Å²) in [6, 6.07) is 9.84. The monoisotopic (exact) mass is 422 g/mol. The van der Waals surface area contributed by atoms with E-state index in [9.17, 15) is 22.8 Å². The molecule has 0 N–H and O–H groups in total. The van der Waals surface area contributed by atoms with Crippen LogP contribution in [0.2, 0.25) is 0 Å². The van der Waals surface area contributed by atoms with E-state index in [0.29, 0.717) is 31.7 Å². The van der Waals surface area contributed by atoms with Gasteiger partial charge in [0.2, 0.25) is 5.91 Å². The maximum absolute atomic E-state index is 13.0. The van der Waals surface area contributed by atoms with Crippen molar-refractivity contribution in [3.63, 3.8) is 0 Å². The van der Waals surface area contributed by atoms with Gasteiger partial charge in [0.15, 0.2) is 11.5 Å². The van der Waals surface area contributed by atoms with Gasteiger partial charge in [0, 0.05) is 31.7 Å². The summed E-state index contributed by atoms with van der Waals surface area (Å²) in [5.74, 6) is -0.929. The number of halogens is 3. The molecule has 160 valence electrons. The van der Waals surface area contributed by atoms with Gasteiger partial charge < -0.3 is 19.3 Å². The number of nitrogens with zero attached hydrogens (tertiary/aromatic N) is 2. The van der Waals surface area contributed by atoms with Crippen LogP contribution in [0, 0.1) is 5.82 Å². The normalized spacial score (nSPS) is 14.0. The Bertz CT molecular complexity index is 898. The van der Waals surface area contributed by atoms with Crippen LogP contribution in [-0.2, 0) is 11.2 Å². The average Bonchev–Trinajstić information content (AvgIpc) is 2.74. The summed E-state index contributed by atoms with van der Waals surface area (Å²) in [4.78, 5) is 28.4. The zero-order chi connectivity index (χ0) is 21.7. The Labute approximate surface area is 171 Å². The lowest BCUT2D eigenvalue weighted by Gasteiger charge is -2.35. The highest BCUT2D eigenvalue weighted by Crippen LogP contribution is 2.30. The van der Waals surface area contributed by atoms with Crippen molar-refractivity contribution in [1.82, 2.24) is 9.80 Å². The van der Waals surface area contributed by atoms with Crippen LogP contribution in [0.4, 0.5) is 13.2 Å². The van der Waals surface area contributed by atoms with Crippen LogP contribution in [-0.4, -0.2) is 61.5 Å². The Morgan fingerprint density at radius 2 is 1.60 bits per heavy atom. The van der Waals surface area contributed by atoms with Crippen LogP contribution in [0.3, 0.4) is 0 Å². The van der Waals surface area contributed by atoms with Crippen molar-refractivity contribution in [1.29, 1.82) is 0 Å². The SMILES string of the molecule is COc1ccc(C(=O)N2CCN(C(=O)Cc3ccc(F)cc3)CC2)cc1OC(F)F. The number of alkyl halides is 2. The van der Waals surface area contributed by atoms with Gasteiger partial charge in [-0.2, -0.15) is 8.78 Å². The van der Waals surface area contributed by atoms with Gasteiger partial charge in [0.1, 0.15) is 5.82 Å².